The fourth-order valence-corrected chi connectivity index (χ4v) is 2.59. The quantitative estimate of drug-likeness (QED) is 0.852. The number of amides is 1. The maximum absolute atomic E-state index is 13.8. The summed E-state index contributed by atoms with van der Waals surface area (Å²) in [7, 11) is 0. The van der Waals surface area contributed by atoms with Crippen molar-refractivity contribution < 1.29 is 9.18 Å². The van der Waals surface area contributed by atoms with E-state index in [9.17, 15) is 9.18 Å². The number of aryl methyl sites for hydroxylation is 1. The second kappa shape index (κ2) is 7.03. The fraction of sp³-hybridized carbons (Fsp3) is 0.588. The molecule has 0 spiro atoms. The molecule has 0 bridgehead atoms. The number of benzene rings is 1. The summed E-state index contributed by atoms with van der Waals surface area (Å²) in [5.41, 5.74) is 1.11. The number of hydrogen-bond donors (Lipinski definition) is 0. The van der Waals surface area contributed by atoms with Crippen LogP contribution < -0.4 is 0 Å². The molecule has 0 saturated carbocycles. The lowest BCUT2D eigenvalue weighted by atomic mass is 10.1. The molecule has 21 heavy (non-hydrogen) atoms. The molecule has 1 amide bonds. The Morgan fingerprint density at radius 1 is 1.24 bits per heavy atom. The first kappa shape index (κ1) is 16.0. The Bertz CT molecular complexity index is 494. The van der Waals surface area contributed by atoms with Crippen LogP contribution in [0.1, 0.15) is 36.2 Å². The molecule has 1 aliphatic rings. The highest BCUT2D eigenvalue weighted by molar-refractivity contribution is 5.94. The second-order valence-corrected chi connectivity index (χ2v) is 6.30. The van der Waals surface area contributed by atoms with Crippen LogP contribution in [0.25, 0.3) is 0 Å². The molecule has 3 nitrogen and oxygen atoms in total. The number of piperazine rings is 1. The minimum atomic E-state index is -0.423. The third kappa shape index (κ3) is 4.27. The van der Waals surface area contributed by atoms with E-state index >= 15 is 0 Å². The van der Waals surface area contributed by atoms with Crippen molar-refractivity contribution in [1.82, 2.24) is 9.80 Å². The van der Waals surface area contributed by atoms with Gasteiger partial charge < -0.3 is 4.90 Å². The van der Waals surface area contributed by atoms with Crippen LogP contribution >= 0.6 is 0 Å². The van der Waals surface area contributed by atoms with E-state index in [0.29, 0.717) is 19.0 Å². The average Bonchev–Trinajstić information content (AvgIpc) is 2.47. The Labute approximate surface area is 126 Å². The molecule has 1 aromatic rings. The number of hydrogen-bond acceptors (Lipinski definition) is 2. The minimum absolute atomic E-state index is 0.181. The largest absolute Gasteiger partial charge is 0.336 e. The van der Waals surface area contributed by atoms with Crippen molar-refractivity contribution in [1.29, 1.82) is 0 Å². The van der Waals surface area contributed by atoms with E-state index in [4.69, 9.17) is 0 Å². The Morgan fingerprint density at radius 2 is 1.90 bits per heavy atom. The molecule has 2 rings (SSSR count). The summed E-state index contributed by atoms with van der Waals surface area (Å²) in [6.45, 7) is 10.5. The Balaban J connectivity index is 1.92. The Morgan fingerprint density at radius 3 is 2.52 bits per heavy atom. The SMILES string of the molecule is Cc1ccc(F)c(C(=O)N2CCN(CCC(C)C)CC2)c1. The van der Waals surface area contributed by atoms with Crippen molar-refractivity contribution in [2.75, 3.05) is 32.7 Å². The summed E-state index contributed by atoms with van der Waals surface area (Å²) >= 11 is 0. The number of rotatable bonds is 4. The van der Waals surface area contributed by atoms with Crippen LogP contribution in [-0.4, -0.2) is 48.4 Å². The standard InChI is InChI=1S/C17H25FN2O/c1-13(2)6-7-19-8-10-20(11-9-19)17(21)15-12-14(3)4-5-16(15)18/h4-5,12-13H,6-11H2,1-3H3. The summed E-state index contributed by atoms with van der Waals surface area (Å²) in [5.74, 6) is 0.0959. The van der Waals surface area contributed by atoms with E-state index in [1.807, 2.05) is 6.92 Å². The normalized spacial score (nSPS) is 16.5. The molecule has 1 saturated heterocycles. The highest BCUT2D eigenvalue weighted by atomic mass is 19.1. The van der Waals surface area contributed by atoms with Gasteiger partial charge in [0.2, 0.25) is 0 Å². The van der Waals surface area contributed by atoms with Crippen molar-refractivity contribution in [2.24, 2.45) is 5.92 Å². The third-order valence-corrected chi connectivity index (χ3v) is 4.03. The Hall–Kier alpha value is -1.42. The number of carbonyl (C=O) groups excluding carboxylic acids is 1. The van der Waals surface area contributed by atoms with Gasteiger partial charge in [0.05, 0.1) is 5.56 Å². The maximum atomic E-state index is 13.8. The first-order valence-corrected chi connectivity index (χ1v) is 7.75. The molecular formula is C17H25FN2O. The monoisotopic (exact) mass is 292 g/mol. The van der Waals surface area contributed by atoms with Gasteiger partial charge in [-0.3, -0.25) is 9.69 Å². The maximum Gasteiger partial charge on any atom is 0.256 e. The summed E-state index contributed by atoms with van der Waals surface area (Å²) in [4.78, 5) is 16.6. The molecule has 1 aromatic carbocycles. The fourth-order valence-electron chi connectivity index (χ4n) is 2.59. The van der Waals surface area contributed by atoms with Crippen LogP contribution in [0.3, 0.4) is 0 Å². The first-order valence-electron chi connectivity index (χ1n) is 7.75. The first-order chi connectivity index (χ1) is 9.97. The van der Waals surface area contributed by atoms with Crippen LogP contribution in [0.4, 0.5) is 4.39 Å². The van der Waals surface area contributed by atoms with Gasteiger partial charge in [-0.05, 0) is 37.9 Å². The summed E-state index contributed by atoms with van der Waals surface area (Å²) in [5, 5.41) is 0. The van der Waals surface area contributed by atoms with E-state index in [1.54, 1.807) is 17.0 Å². The molecule has 0 aromatic heterocycles. The predicted octanol–water partition coefficient (Wildman–Crippen LogP) is 2.94. The highest BCUT2D eigenvalue weighted by Crippen LogP contribution is 2.15. The van der Waals surface area contributed by atoms with Gasteiger partial charge in [-0.1, -0.05) is 25.5 Å². The molecule has 1 fully saturated rings. The molecule has 0 unspecified atom stereocenters. The number of carbonyl (C=O) groups is 1. The molecule has 0 N–H and O–H groups in total. The molecule has 0 radical (unpaired) electrons. The van der Waals surface area contributed by atoms with Crippen LogP contribution in [0.15, 0.2) is 18.2 Å². The van der Waals surface area contributed by atoms with Gasteiger partial charge in [0.1, 0.15) is 5.82 Å². The zero-order valence-corrected chi connectivity index (χ0v) is 13.2. The van der Waals surface area contributed by atoms with Crippen LogP contribution in [0.2, 0.25) is 0 Å². The van der Waals surface area contributed by atoms with Crippen LogP contribution in [-0.2, 0) is 0 Å². The smallest absolute Gasteiger partial charge is 0.256 e. The van der Waals surface area contributed by atoms with Crippen LogP contribution in [0, 0.1) is 18.7 Å². The van der Waals surface area contributed by atoms with E-state index in [-0.39, 0.29) is 11.5 Å². The lowest BCUT2D eigenvalue weighted by molar-refractivity contribution is 0.0627. The second-order valence-electron chi connectivity index (χ2n) is 6.30. The van der Waals surface area contributed by atoms with Gasteiger partial charge in [-0.15, -0.1) is 0 Å². The molecule has 0 aliphatic carbocycles. The molecule has 1 aliphatic heterocycles. The molecule has 1 heterocycles. The van der Waals surface area contributed by atoms with Crippen molar-refractivity contribution in [3.05, 3.63) is 35.1 Å². The molecule has 0 atom stereocenters. The topological polar surface area (TPSA) is 23.6 Å². The highest BCUT2D eigenvalue weighted by Gasteiger charge is 2.23. The van der Waals surface area contributed by atoms with Gasteiger partial charge in [-0.2, -0.15) is 0 Å². The summed E-state index contributed by atoms with van der Waals surface area (Å²) < 4.78 is 13.8. The number of nitrogens with zero attached hydrogens (tertiary/aromatic N) is 2. The van der Waals surface area contributed by atoms with Crippen molar-refractivity contribution in [3.63, 3.8) is 0 Å². The molecular weight excluding hydrogens is 267 g/mol. The third-order valence-electron chi connectivity index (χ3n) is 4.03. The zero-order chi connectivity index (χ0) is 15.4. The minimum Gasteiger partial charge on any atom is -0.336 e. The average molecular weight is 292 g/mol. The van der Waals surface area contributed by atoms with Gasteiger partial charge >= 0.3 is 0 Å². The Kier molecular flexibility index (Phi) is 5.34. The lowest BCUT2D eigenvalue weighted by Gasteiger charge is -2.35. The zero-order valence-electron chi connectivity index (χ0n) is 13.2. The molecule has 4 heteroatoms. The number of halogens is 1. The van der Waals surface area contributed by atoms with Gasteiger partial charge in [-0.25, -0.2) is 4.39 Å². The summed E-state index contributed by atoms with van der Waals surface area (Å²) in [6.07, 6.45) is 1.18. The van der Waals surface area contributed by atoms with E-state index in [2.05, 4.69) is 18.7 Å². The van der Waals surface area contributed by atoms with Crippen molar-refractivity contribution >= 4 is 5.91 Å². The van der Waals surface area contributed by atoms with E-state index < -0.39 is 5.82 Å². The van der Waals surface area contributed by atoms with Gasteiger partial charge in [0.25, 0.3) is 5.91 Å². The summed E-state index contributed by atoms with van der Waals surface area (Å²) in [6, 6.07) is 4.71. The van der Waals surface area contributed by atoms with Gasteiger partial charge in [0.15, 0.2) is 0 Å². The molecule has 116 valence electrons. The van der Waals surface area contributed by atoms with Crippen molar-refractivity contribution in [3.8, 4) is 0 Å². The van der Waals surface area contributed by atoms with E-state index in [0.717, 1.165) is 25.2 Å². The lowest BCUT2D eigenvalue weighted by Crippen LogP contribution is -2.49. The van der Waals surface area contributed by atoms with Crippen molar-refractivity contribution in [2.45, 2.75) is 27.2 Å². The predicted molar refractivity (Wildman–Crippen MR) is 82.9 cm³/mol. The van der Waals surface area contributed by atoms with Gasteiger partial charge in [0, 0.05) is 26.2 Å². The van der Waals surface area contributed by atoms with Crippen LogP contribution in [0.5, 0.6) is 0 Å². The van der Waals surface area contributed by atoms with E-state index in [1.165, 1.54) is 12.5 Å².